The molecule has 0 aliphatic heterocycles. The molecule has 0 saturated carbocycles. The van der Waals surface area contributed by atoms with Crippen LogP contribution in [0.5, 0.6) is 0 Å². The Morgan fingerprint density at radius 3 is 2.35 bits per heavy atom. The van der Waals surface area contributed by atoms with Crippen molar-refractivity contribution in [3.8, 4) is 6.07 Å². The monoisotopic (exact) mass is 359 g/mol. The lowest BCUT2D eigenvalue weighted by Gasteiger charge is -2.13. The van der Waals surface area contributed by atoms with Crippen LogP contribution in [0.25, 0.3) is 0 Å². The van der Waals surface area contributed by atoms with Crippen molar-refractivity contribution in [1.29, 1.82) is 5.26 Å². The van der Waals surface area contributed by atoms with Crippen molar-refractivity contribution in [1.82, 2.24) is 0 Å². The summed E-state index contributed by atoms with van der Waals surface area (Å²) in [4.78, 5) is 16.1. The van der Waals surface area contributed by atoms with E-state index in [1.54, 1.807) is 44.2 Å². The molecule has 1 aromatic rings. The first-order chi connectivity index (χ1) is 10.9. The van der Waals surface area contributed by atoms with Gasteiger partial charge in [-0.15, -0.1) is 0 Å². The third-order valence-corrected chi connectivity index (χ3v) is 4.41. The van der Waals surface area contributed by atoms with Crippen LogP contribution < -0.4 is 5.32 Å². The van der Waals surface area contributed by atoms with E-state index in [2.05, 4.69) is 15.3 Å². The molecule has 0 aliphatic carbocycles. The summed E-state index contributed by atoms with van der Waals surface area (Å²) in [5.74, 6) is 0. The third-order valence-electron chi connectivity index (χ3n) is 2.26. The van der Waals surface area contributed by atoms with Crippen LogP contribution in [0.3, 0.4) is 0 Å². The number of nitrogens with zero attached hydrogens (tertiary/aromatic N) is 2. The van der Waals surface area contributed by atoms with Crippen LogP contribution in [0.1, 0.15) is 13.8 Å². The topological polar surface area (TPSA) is 110 Å². The van der Waals surface area contributed by atoms with Gasteiger partial charge in [0.2, 0.25) is 0 Å². The highest BCUT2D eigenvalue weighted by Crippen LogP contribution is 2.49. The van der Waals surface area contributed by atoms with Crippen molar-refractivity contribution < 1.29 is 23.2 Å². The predicted octanol–water partition coefficient (Wildman–Crippen LogP) is 3.99. The fourth-order valence-electron chi connectivity index (χ4n) is 1.39. The molecule has 0 bridgehead atoms. The van der Waals surface area contributed by atoms with Gasteiger partial charge in [0.05, 0.1) is 13.2 Å². The number of hydrogen-bond acceptors (Lipinski definition) is 7. The van der Waals surface area contributed by atoms with E-state index in [1.807, 2.05) is 0 Å². The number of amides is 1. The molecule has 0 aromatic heterocycles. The summed E-state index contributed by atoms with van der Waals surface area (Å²) in [6, 6.07) is 7.78. The van der Waals surface area contributed by atoms with Gasteiger partial charge in [-0.25, -0.2) is 4.79 Å². The zero-order valence-electron chi connectivity index (χ0n) is 12.5. The second-order valence-electron chi connectivity index (χ2n) is 3.87. The van der Waals surface area contributed by atoms with E-state index >= 15 is 0 Å². The van der Waals surface area contributed by atoms with Crippen LogP contribution in [0.2, 0.25) is 5.02 Å². The van der Waals surface area contributed by atoms with Crippen molar-refractivity contribution in [2.45, 2.75) is 13.8 Å². The van der Waals surface area contributed by atoms with E-state index in [0.29, 0.717) is 10.7 Å². The first-order valence-corrected chi connectivity index (χ1v) is 8.48. The predicted molar refractivity (Wildman–Crippen MR) is 85.5 cm³/mol. The van der Waals surface area contributed by atoms with Gasteiger partial charge in [0, 0.05) is 10.7 Å². The normalized spacial score (nSPS) is 11.7. The first kappa shape index (κ1) is 19.1. The van der Waals surface area contributed by atoms with Gasteiger partial charge < -0.3 is 9.05 Å². The number of rotatable bonds is 7. The summed E-state index contributed by atoms with van der Waals surface area (Å²) in [7, 11) is -3.91. The Labute approximate surface area is 138 Å². The molecule has 0 saturated heterocycles. The lowest BCUT2D eigenvalue weighted by Crippen LogP contribution is -2.13. The number of halogens is 1. The molecule has 10 heteroatoms. The number of carbonyl (C=O) groups excluding carboxylic acids is 1. The molecule has 1 N–H and O–H groups in total. The van der Waals surface area contributed by atoms with Gasteiger partial charge in [-0.3, -0.25) is 14.7 Å². The summed E-state index contributed by atoms with van der Waals surface area (Å²) < 4.78 is 22.2. The molecule has 1 aromatic carbocycles. The Morgan fingerprint density at radius 2 is 1.87 bits per heavy atom. The summed E-state index contributed by atoms with van der Waals surface area (Å²) >= 11 is 5.72. The number of anilines is 1. The van der Waals surface area contributed by atoms with Gasteiger partial charge in [0.15, 0.2) is 0 Å². The Morgan fingerprint density at radius 1 is 1.30 bits per heavy atom. The Kier molecular flexibility index (Phi) is 7.72. The number of nitrogens with one attached hydrogen (secondary N) is 1. The van der Waals surface area contributed by atoms with E-state index in [1.165, 1.54) is 0 Å². The van der Waals surface area contributed by atoms with Crippen molar-refractivity contribution >= 4 is 36.4 Å². The lowest BCUT2D eigenvalue weighted by atomic mass is 10.3. The van der Waals surface area contributed by atoms with Gasteiger partial charge >= 0.3 is 13.7 Å². The largest absolute Gasteiger partial charge is 0.437 e. The maximum absolute atomic E-state index is 12.3. The molecule has 0 spiro atoms. The summed E-state index contributed by atoms with van der Waals surface area (Å²) in [6.07, 6.45) is -0.973. The third kappa shape index (κ3) is 6.00. The minimum atomic E-state index is -3.91. The second kappa shape index (κ2) is 9.28. The Bertz CT molecular complexity index is 647. The van der Waals surface area contributed by atoms with Crippen LogP contribution in [-0.4, -0.2) is 24.8 Å². The average molecular weight is 360 g/mol. The van der Waals surface area contributed by atoms with Crippen LogP contribution in [0, 0.1) is 11.3 Å². The fraction of sp³-hybridized carbons (Fsp3) is 0.308. The molecule has 23 heavy (non-hydrogen) atoms. The van der Waals surface area contributed by atoms with Gasteiger partial charge in [-0.1, -0.05) is 16.8 Å². The van der Waals surface area contributed by atoms with Crippen molar-refractivity contribution in [2.24, 2.45) is 5.16 Å². The first-order valence-electron chi connectivity index (χ1n) is 6.56. The average Bonchev–Trinajstić information content (AvgIpc) is 2.50. The smallest absolute Gasteiger partial charge is 0.304 e. The molecule has 0 aliphatic rings. The van der Waals surface area contributed by atoms with Crippen LogP contribution >= 0.6 is 19.2 Å². The van der Waals surface area contributed by atoms with Crippen LogP contribution in [0.4, 0.5) is 10.5 Å². The molecule has 1 amide bonds. The van der Waals surface area contributed by atoms with Crippen LogP contribution in [-0.2, 0) is 18.5 Å². The molecule has 0 fully saturated rings. The number of hydrogen-bond donors (Lipinski definition) is 1. The highest BCUT2D eigenvalue weighted by atomic mass is 35.5. The van der Waals surface area contributed by atoms with E-state index < -0.39 is 19.1 Å². The lowest BCUT2D eigenvalue weighted by molar-refractivity contribution is 0.166. The molecule has 8 nitrogen and oxygen atoms in total. The standard InChI is InChI=1S/C13H15ClN3O5P/c1-3-20-23(19,21-4-2)12(9-15)17-22-13(18)16-11-7-5-10(14)6-8-11/h5-8H,3-4H2,1-2H3,(H,16,18)/b17-12-. The van der Waals surface area contributed by atoms with Crippen molar-refractivity contribution in [3.63, 3.8) is 0 Å². The highest BCUT2D eigenvalue weighted by Gasteiger charge is 2.33. The van der Waals surface area contributed by atoms with E-state index in [-0.39, 0.29) is 13.2 Å². The molecule has 0 atom stereocenters. The second-order valence-corrected chi connectivity index (χ2v) is 6.24. The van der Waals surface area contributed by atoms with Crippen LogP contribution in [0.15, 0.2) is 29.4 Å². The molecular weight excluding hydrogens is 345 g/mol. The maximum atomic E-state index is 12.3. The minimum absolute atomic E-state index is 0.0367. The van der Waals surface area contributed by atoms with E-state index in [4.69, 9.17) is 25.9 Å². The Hall–Kier alpha value is -1.91. The number of benzene rings is 1. The molecular formula is C13H15ClN3O5P. The van der Waals surface area contributed by atoms with Gasteiger partial charge in [0.1, 0.15) is 6.07 Å². The summed E-state index contributed by atoms with van der Waals surface area (Å²) in [5.41, 5.74) is -0.238. The zero-order chi connectivity index (χ0) is 17.3. The molecule has 0 heterocycles. The van der Waals surface area contributed by atoms with Gasteiger partial charge in [-0.2, -0.15) is 5.26 Å². The summed E-state index contributed by atoms with van der Waals surface area (Å²) in [6.45, 7) is 3.23. The number of nitriles is 1. The minimum Gasteiger partial charge on any atom is -0.304 e. The SMILES string of the molecule is CCOP(=O)(OCC)/C(C#N)=N\OC(=O)Nc1ccc(Cl)cc1. The molecule has 0 unspecified atom stereocenters. The summed E-state index contributed by atoms with van der Waals surface area (Å²) in [5, 5.41) is 15.1. The quantitative estimate of drug-likeness (QED) is 0.341. The number of carbonyl (C=O) groups is 1. The van der Waals surface area contributed by atoms with Gasteiger partial charge in [-0.05, 0) is 38.1 Å². The maximum Gasteiger partial charge on any atom is 0.437 e. The molecule has 1 rings (SSSR count). The van der Waals surface area contributed by atoms with Crippen molar-refractivity contribution in [3.05, 3.63) is 29.3 Å². The molecule has 124 valence electrons. The Balaban J connectivity index is 2.78. The molecule has 0 radical (unpaired) electrons. The van der Waals surface area contributed by atoms with Crippen molar-refractivity contribution in [2.75, 3.05) is 18.5 Å². The van der Waals surface area contributed by atoms with Gasteiger partial charge in [0.25, 0.3) is 5.45 Å². The fourth-order valence-corrected chi connectivity index (χ4v) is 2.78. The number of oxime groups is 1. The highest BCUT2D eigenvalue weighted by molar-refractivity contribution is 7.73. The van der Waals surface area contributed by atoms with E-state index in [0.717, 1.165) is 0 Å². The zero-order valence-corrected chi connectivity index (χ0v) is 14.1. The van der Waals surface area contributed by atoms with E-state index in [9.17, 15) is 9.36 Å².